The Labute approximate surface area is 180 Å². The van der Waals surface area contributed by atoms with Crippen LogP contribution in [0.25, 0.3) is 0 Å². The molecular formula is C25H23FN2O3. The van der Waals surface area contributed by atoms with Crippen LogP contribution in [0.1, 0.15) is 29.7 Å². The number of carbonyl (C=O) groups excluding carboxylic acids is 2. The minimum atomic E-state index is -0.815. The molecule has 1 aliphatic heterocycles. The number of halogens is 1. The molecule has 0 bridgehead atoms. The van der Waals surface area contributed by atoms with Gasteiger partial charge in [0.2, 0.25) is 5.91 Å². The van der Waals surface area contributed by atoms with Crippen molar-refractivity contribution in [3.8, 4) is 5.75 Å². The predicted molar refractivity (Wildman–Crippen MR) is 116 cm³/mol. The maximum absolute atomic E-state index is 13.6. The van der Waals surface area contributed by atoms with Gasteiger partial charge in [-0.2, -0.15) is 0 Å². The largest absolute Gasteiger partial charge is 0.481 e. The fraction of sp³-hybridized carbons (Fsp3) is 0.200. The Balaban J connectivity index is 1.76. The summed E-state index contributed by atoms with van der Waals surface area (Å²) in [7, 11) is 0. The summed E-state index contributed by atoms with van der Waals surface area (Å²) in [6, 6.07) is 20.2. The van der Waals surface area contributed by atoms with E-state index in [1.165, 1.54) is 17.0 Å². The molecule has 0 aromatic heterocycles. The van der Waals surface area contributed by atoms with Crippen LogP contribution in [0.2, 0.25) is 0 Å². The molecule has 0 fully saturated rings. The normalized spacial score (nSPS) is 16.7. The number of carbonyl (C=O) groups is 2. The van der Waals surface area contributed by atoms with Crippen molar-refractivity contribution < 1.29 is 18.7 Å². The number of aryl methyl sites for hydroxylation is 1. The number of amides is 2. The SMILES string of the molecule is Cc1ccc2c(c1)[C@H](c1ccc(F)cc1)N(C(=O)[C@H](C)Oc1ccccc1)CC(=O)N2. The van der Waals surface area contributed by atoms with Gasteiger partial charge in [-0.15, -0.1) is 0 Å². The molecule has 2 atom stereocenters. The molecule has 0 radical (unpaired) electrons. The second kappa shape index (κ2) is 8.60. The van der Waals surface area contributed by atoms with E-state index in [1.54, 1.807) is 31.2 Å². The first-order chi connectivity index (χ1) is 14.9. The van der Waals surface area contributed by atoms with Gasteiger partial charge in [-0.1, -0.05) is 48.0 Å². The quantitative estimate of drug-likeness (QED) is 0.680. The van der Waals surface area contributed by atoms with Gasteiger partial charge in [0.1, 0.15) is 18.1 Å². The maximum Gasteiger partial charge on any atom is 0.264 e. The van der Waals surface area contributed by atoms with Crippen LogP contribution in [-0.4, -0.2) is 29.4 Å². The van der Waals surface area contributed by atoms with Crippen molar-refractivity contribution in [3.05, 3.63) is 95.3 Å². The molecule has 6 heteroatoms. The summed E-state index contributed by atoms with van der Waals surface area (Å²) >= 11 is 0. The van der Waals surface area contributed by atoms with Gasteiger partial charge < -0.3 is 15.0 Å². The second-order valence-electron chi connectivity index (χ2n) is 7.63. The summed E-state index contributed by atoms with van der Waals surface area (Å²) in [6.07, 6.45) is -0.815. The number of hydrogen-bond acceptors (Lipinski definition) is 3. The molecule has 2 amide bonds. The molecule has 158 valence electrons. The van der Waals surface area contributed by atoms with Crippen molar-refractivity contribution >= 4 is 17.5 Å². The van der Waals surface area contributed by atoms with Crippen LogP contribution < -0.4 is 10.1 Å². The van der Waals surface area contributed by atoms with Gasteiger partial charge >= 0.3 is 0 Å². The number of benzene rings is 3. The molecule has 31 heavy (non-hydrogen) atoms. The van der Waals surface area contributed by atoms with E-state index in [0.29, 0.717) is 17.0 Å². The van der Waals surface area contributed by atoms with Crippen LogP contribution in [-0.2, 0) is 9.59 Å². The minimum absolute atomic E-state index is 0.142. The lowest BCUT2D eigenvalue weighted by Gasteiger charge is -2.32. The summed E-state index contributed by atoms with van der Waals surface area (Å²) in [5, 5.41) is 2.89. The van der Waals surface area contributed by atoms with E-state index < -0.39 is 12.1 Å². The zero-order chi connectivity index (χ0) is 22.0. The Morgan fingerprint density at radius 2 is 1.81 bits per heavy atom. The standard InChI is InChI=1S/C25H23FN2O3/c1-16-8-13-22-21(14-16)24(18-9-11-19(26)12-10-18)28(15-23(29)27-22)25(30)17(2)31-20-6-4-3-5-7-20/h3-14,17,24H,15H2,1-2H3,(H,27,29)/t17-,24-/m0/s1. The highest BCUT2D eigenvalue weighted by Gasteiger charge is 2.36. The summed E-state index contributed by atoms with van der Waals surface area (Å²) in [5.74, 6) is -0.426. The third-order valence-corrected chi connectivity index (χ3v) is 5.27. The summed E-state index contributed by atoms with van der Waals surface area (Å²) < 4.78 is 19.5. The number of hydrogen-bond donors (Lipinski definition) is 1. The smallest absolute Gasteiger partial charge is 0.264 e. The number of fused-ring (bicyclic) bond motifs is 1. The van der Waals surface area contributed by atoms with Crippen LogP contribution >= 0.6 is 0 Å². The molecule has 0 aliphatic carbocycles. The number of anilines is 1. The van der Waals surface area contributed by atoms with Crippen molar-refractivity contribution in [3.63, 3.8) is 0 Å². The van der Waals surface area contributed by atoms with Crippen LogP contribution in [0, 0.1) is 12.7 Å². The van der Waals surface area contributed by atoms with Crippen molar-refractivity contribution in [1.29, 1.82) is 0 Å². The zero-order valence-electron chi connectivity index (χ0n) is 17.3. The molecule has 3 aromatic rings. The molecule has 1 N–H and O–H groups in total. The van der Waals surface area contributed by atoms with E-state index in [1.807, 2.05) is 43.3 Å². The molecule has 4 rings (SSSR count). The average molecular weight is 418 g/mol. The van der Waals surface area contributed by atoms with E-state index in [4.69, 9.17) is 4.74 Å². The fourth-order valence-electron chi connectivity index (χ4n) is 3.82. The Morgan fingerprint density at radius 1 is 1.10 bits per heavy atom. The molecule has 0 spiro atoms. The Morgan fingerprint density at radius 3 is 2.52 bits per heavy atom. The fourth-order valence-corrected chi connectivity index (χ4v) is 3.82. The van der Waals surface area contributed by atoms with Gasteiger partial charge in [-0.3, -0.25) is 9.59 Å². The van der Waals surface area contributed by atoms with Crippen LogP contribution in [0.15, 0.2) is 72.8 Å². The lowest BCUT2D eigenvalue weighted by Crippen LogP contribution is -2.45. The van der Waals surface area contributed by atoms with Gasteiger partial charge in [0.05, 0.1) is 6.04 Å². The van der Waals surface area contributed by atoms with Crippen LogP contribution in [0.5, 0.6) is 5.75 Å². The Kier molecular flexibility index (Phi) is 5.71. The van der Waals surface area contributed by atoms with Crippen molar-refractivity contribution in [2.24, 2.45) is 0 Å². The number of nitrogens with zero attached hydrogens (tertiary/aromatic N) is 1. The molecule has 0 saturated carbocycles. The van der Waals surface area contributed by atoms with Gasteiger partial charge in [-0.25, -0.2) is 4.39 Å². The lowest BCUT2D eigenvalue weighted by molar-refractivity contribution is -0.142. The number of para-hydroxylation sites is 1. The topological polar surface area (TPSA) is 58.6 Å². The average Bonchev–Trinajstić information content (AvgIpc) is 2.90. The molecule has 0 unspecified atom stereocenters. The van der Waals surface area contributed by atoms with E-state index in [0.717, 1.165) is 11.1 Å². The van der Waals surface area contributed by atoms with Crippen LogP contribution in [0.4, 0.5) is 10.1 Å². The molecule has 0 saturated heterocycles. The zero-order valence-corrected chi connectivity index (χ0v) is 17.3. The first-order valence-corrected chi connectivity index (χ1v) is 10.1. The van der Waals surface area contributed by atoms with E-state index in [9.17, 15) is 14.0 Å². The Hall–Kier alpha value is -3.67. The molecule has 3 aromatic carbocycles. The molecule has 5 nitrogen and oxygen atoms in total. The number of rotatable bonds is 4. The van der Waals surface area contributed by atoms with Crippen molar-refractivity contribution in [2.75, 3.05) is 11.9 Å². The van der Waals surface area contributed by atoms with Gasteiger partial charge in [-0.05, 0) is 49.7 Å². The summed E-state index contributed by atoms with van der Waals surface area (Å²) in [5.41, 5.74) is 3.11. The number of nitrogens with one attached hydrogen (secondary N) is 1. The van der Waals surface area contributed by atoms with Crippen molar-refractivity contribution in [2.45, 2.75) is 26.0 Å². The van der Waals surface area contributed by atoms with E-state index in [-0.39, 0.29) is 24.2 Å². The third-order valence-electron chi connectivity index (χ3n) is 5.27. The van der Waals surface area contributed by atoms with Gasteiger partial charge in [0.25, 0.3) is 5.91 Å². The molecular weight excluding hydrogens is 395 g/mol. The van der Waals surface area contributed by atoms with E-state index >= 15 is 0 Å². The monoisotopic (exact) mass is 418 g/mol. The van der Waals surface area contributed by atoms with E-state index in [2.05, 4.69) is 5.32 Å². The highest BCUT2D eigenvalue weighted by atomic mass is 19.1. The summed E-state index contributed by atoms with van der Waals surface area (Å²) in [4.78, 5) is 27.6. The maximum atomic E-state index is 13.6. The minimum Gasteiger partial charge on any atom is -0.481 e. The first-order valence-electron chi connectivity index (χ1n) is 10.1. The number of ether oxygens (including phenoxy) is 1. The van der Waals surface area contributed by atoms with Gasteiger partial charge in [0, 0.05) is 11.3 Å². The van der Waals surface area contributed by atoms with Gasteiger partial charge in [0.15, 0.2) is 6.10 Å². The van der Waals surface area contributed by atoms with Crippen molar-refractivity contribution in [1.82, 2.24) is 4.90 Å². The predicted octanol–water partition coefficient (Wildman–Crippen LogP) is 4.47. The highest BCUT2D eigenvalue weighted by Crippen LogP contribution is 2.37. The third kappa shape index (κ3) is 4.43. The molecule has 1 aliphatic rings. The highest BCUT2D eigenvalue weighted by molar-refractivity contribution is 5.97. The Bertz CT molecular complexity index is 1100. The van der Waals surface area contributed by atoms with Crippen LogP contribution in [0.3, 0.4) is 0 Å². The summed E-state index contributed by atoms with van der Waals surface area (Å²) in [6.45, 7) is 3.47. The lowest BCUT2D eigenvalue weighted by atomic mass is 9.94. The second-order valence-corrected chi connectivity index (χ2v) is 7.63. The first kappa shape index (κ1) is 20.6. The molecule has 1 heterocycles.